The summed E-state index contributed by atoms with van der Waals surface area (Å²) in [5, 5.41) is 14.6. The average molecular weight is 299 g/mol. The van der Waals surface area contributed by atoms with E-state index in [9.17, 15) is 5.11 Å². The maximum Gasteiger partial charge on any atom is 0.0958 e. The number of hydrogen-bond acceptors (Lipinski definition) is 2. The van der Waals surface area contributed by atoms with Gasteiger partial charge in [0.1, 0.15) is 0 Å². The van der Waals surface area contributed by atoms with Gasteiger partial charge in [-0.2, -0.15) is 5.10 Å². The van der Waals surface area contributed by atoms with Crippen molar-refractivity contribution in [2.24, 2.45) is 0 Å². The lowest BCUT2D eigenvalue weighted by atomic mass is 10.2. The highest BCUT2D eigenvalue weighted by molar-refractivity contribution is 9.10. The summed E-state index contributed by atoms with van der Waals surface area (Å²) in [5.41, 5.74) is 1.80. The molecule has 0 amide bonds. The number of nitrogens with zero attached hydrogens (tertiary/aromatic N) is 2. The van der Waals surface area contributed by atoms with Crippen molar-refractivity contribution in [2.75, 3.05) is 0 Å². The fraction of sp³-hybridized carbons (Fsp3) is 0.462. The van der Waals surface area contributed by atoms with Crippen molar-refractivity contribution in [3.05, 3.63) is 28.4 Å². The molecule has 0 radical (unpaired) electrons. The Morgan fingerprint density at radius 2 is 2.00 bits per heavy atom. The molecule has 1 aromatic heterocycles. The van der Waals surface area contributed by atoms with Gasteiger partial charge in [-0.05, 0) is 32.0 Å². The van der Waals surface area contributed by atoms with Crippen molar-refractivity contribution < 1.29 is 5.11 Å². The summed E-state index contributed by atoms with van der Waals surface area (Å²) in [6, 6.07) is 6.30. The molecule has 0 bridgehead atoms. The van der Waals surface area contributed by atoms with E-state index >= 15 is 0 Å². The third-order valence-electron chi connectivity index (χ3n) is 2.38. The molecule has 0 unspecified atom stereocenters. The normalized spacial score (nSPS) is 10.5. The van der Waals surface area contributed by atoms with Gasteiger partial charge < -0.3 is 5.11 Å². The van der Waals surface area contributed by atoms with E-state index in [1.54, 1.807) is 0 Å². The van der Waals surface area contributed by atoms with Crippen molar-refractivity contribution in [3.8, 4) is 0 Å². The van der Waals surface area contributed by atoms with Crippen molar-refractivity contribution in [2.45, 2.75) is 40.3 Å². The van der Waals surface area contributed by atoms with E-state index in [-0.39, 0.29) is 6.61 Å². The van der Waals surface area contributed by atoms with E-state index in [0.717, 1.165) is 21.1 Å². The molecule has 1 aromatic carbocycles. The molecule has 0 saturated heterocycles. The molecule has 17 heavy (non-hydrogen) atoms. The number of rotatable bonds is 2. The Morgan fingerprint density at radius 1 is 1.35 bits per heavy atom. The summed E-state index contributed by atoms with van der Waals surface area (Å²) in [7, 11) is 0. The van der Waals surface area contributed by atoms with Crippen LogP contribution in [0.4, 0.5) is 0 Å². The van der Waals surface area contributed by atoms with Crippen LogP contribution in [-0.4, -0.2) is 14.9 Å². The Kier molecular flexibility index (Phi) is 5.15. The fourth-order valence-electron chi connectivity index (χ4n) is 1.69. The average Bonchev–Trinajstić information content (AvgIpc) is 2.69. The molecule has 1 heterocycles. The number of aliphatic hydroxyl groups is 1. The lowest BCUT2D eigenvalue weighted by molar-refractivity contribution is 0.276. The van der Waals surface area contributed by atoms with Gasteiger partial charge in [-0.3, -0.25) is 4.68 Å². The third-order valence-corrected chi connectivity index (χ3v) is 2.88. The number of aliphatic hydroxyl groups excluding tert-OH is 1. The second kappa shape index (κ2) is 6.17. The number of benzene rings is 1. The second-order valence-corrected chi connectivity index (χ2v) is 4.72. The van der Waals surface area contributed by atoms with Gasteiger partial charge in [0.15, 0.2) is 0 Å². The molecular weight excluding hydrogens is 280 g/mol. The lowest BCUT2D eigenvalue weighted by Crippen LogP contribution is -2.02. The van der Waals surface area contributed by atoms with Crippen LogP contribution in [0.25, 0.3) is 10.9 Å². The Morgan fingerprint density at radius 3 is 2.53 bits per heavy atom. The van der Waals surface area contributed by atoms with Gasteiger partial charge in [-0.1, -0.05) is 29.8 Å². The molecular formula is C13H19BrN2O. The zero-order valence-corrected chi connectivity index (χ0v) is 12.3. The first kappa shape index (κ1) is 14.2. The first-order valence-corrected chi connectivity index (χ1v) is 6.70. The van der Waals surface area contributed by atoms with Crippen LogP contribution in [0.5, 0.6) is 0 Å². The maximum absolute atomic E-state index is 9.23. The molecule has 0 aliphatic rings. The minimum Gasteiger partial charge on any atom is -0.390 e. The zero-order chi connectivity index (χ0) is 13.0. The summed E-state index contributed by atoms with van der Waals surface area (Å²) in [5.74, 6) is 0. The van der Waals surface area contributed by atoms with E-state index in [1.807, 2.05) is 36.7 Å². The molecule has 94 valence electrons. The van der Waals surface area contributed by atoms with Crippen LogP contribution in [0, 0.1) is 0 Å². The molecule has 1 N–H and O–H groups in total. The van der Waals surface area contributed by atoms with Crippen molar-refractivity contribution in [1.82, 2.24) is 9.78 Å². The zero-order valence-electron chi connectivity index (χ0n) is 10.7. The molecule has 4 heteroatoms. The Balaban J connectivity index is 0.000000686. The largest absolute Gasteiger partial charge is 0.390 e. The number of halogens is 1. The molecule has 0 fully saturated rings. The van der Waals surface area contributed by atoms with Gasteiger partial charge in [0, 0.05) is 15.9 Å². The van der Waals surface area contributed by atoms with Crippen LogP contribution < -0.4 is 0 Å². The van der Waals surface area contributed by atoms with Crippen molar-refractivity contribution >= 4 is 26.8 Å². The smallest absolute Gasteiger partial charge is 0.0958 e. The van der Waals surface area contributed by atoms with Crippen LogP contribution in [0.15, 0.2) is 22.7 Å². The van der Waals surface area contributed by atoms with Crippen molar-refractivity contribution in [3.63, 3.8) is 0 Å². The first-order chi connectivity index (χ1) is 8.13. The van der Waals surface area contributed by atoms with Gasteiger partial charge in [0.2, 0.25) is 0 Å². The highest BCUT2D eigenvalue weighted by Crippen LogP contribution is 2.25. The first-order valence-electron chi connectivity index (χ1n) is 5.91. The monoisotopic (exact) mass is 298 g/mol. The predicted molar refractivity (Wildman–Crippen MR) is 75.1 cm³/mol. The topological polar surface area (TPSA) is 38.0 Å². The maximum atomic E-state index is 9.23. The van der Waals surface area contributed by atoms with E-state index in [0.29, 0.717) is 6.04 Å². The summed E-state index contributed by atoms with van der Waals surface area (Å²) in [6.45, 7) is 8.14. The molecule has 2 aromatic rings. The van der Waals surface area contributed by atoms with Gasteiger partial charge in [0.05, 0.1) is 17.8 Å². The van der Waals surface area contributed by atoms with Crippen LogP contribution in [-0.2, 0) is 6.61 Å². The van der Waals surface area contributed by atoms with Crippen LogP contribution in [0.3, 0.4) is 0 Å². The SMILES string of the molecule is CC.CC(C)n1nc(CO)c2cc(Br)ccc21. The van der Waals surface area contributed by atoms with Crippen LogP contribution in [0.2, 0.25) is 0 Å². The lowest BCUT2D eigenvalue weighted by Gasteiger charge is -2.06. The van der Waals surface area contributed by atoms with Crippen molar-refractivity contribution in [1.29, 1.82) is 0 Å². The van der Waals surface area contributed by atoms with Gasteiger partial charge in [-0.25, -0.2) is 0 Å². The predicted octanol–water partition coefficient (Wildman–Crippen LogP) is 3.90. The molecule has 3 nitrogen and oxygen atoms in total. The Labute approximate surface area is 111 Å². The molecule has 0 atom stereocenters. The van der Waals surface area contributed by atoms with Crippen LogP contribution >= 0.6 is 15.9 Å². The summed E-state index contributed by atoms with van der Waals surface area (Å²) < 4.78 is 2.95. The Hall–Kier alpha value is -0.870. The molecule has 2 rings (SSSR count). The highest BCUT2D eigenvalue weighted by atomic mass is 79.9. The van der Waals surface area contributed by atoms with E-state index in [1.165, 1.54) is 0 Å². The molecule has 0 saturated carbocycles. The van der Waals surface area contributed by atoms with Crippen LogP contribution in [0.1, 0.15) is 39.4 Å². The standard InChI is InChI=1S/C11H13BrN2O.C2H6/c1-7(2)14-11-4-3-8(12)5-9(11)10(6-15)13-14;1-2/h3-5,7,15H,6H2,1-2H3;1-2H3. The summed E-state index contributed by atoms with van der Waals surface area (Å²) >= 11 is 3.42. The number of hydrogen-bond donors (Lipinski definition) is 1. The highest BCUT2D eigenvalue weighted by Gasteiger charge is 2.11. The third kappa shape index (κ3) is 2.87. The summed E-state index contributed by atoms with van der Waals surface area (Å²) in [4.78, 5) is 0. The van der Waals surface area contributed by atoms with E-state index in [2.05, 4.69) is 34.9 Å². The fourth-order valence-corrected chi connectivity index (χ4v) is 2.05. The van der Waals surface area contributed by atoms with E-state index < -0.39 is 0 Å². The van der Waals surface area contributed by atoms with Gasteiger partial charge in [0.25, 0.3) is 0 Å². The minimum atomic E-state index is -0.0212. The van der Waals surface area contributed by atoms with Gasteiger partial charge in [-0.15, -0.1) is 0 Å². The number of aromatic nitrogens is 2. The minimum absolute atomic E-state index is 0.0212. The van der Waals surface area contributed by atoms with Gasteiger partial charge >= 0.3 is 0 Å². The second-order valence-electron chi connectivity index (χ2n) is 3.80. The van der Waals surface area contributed by atoms with E-state index in [4.69, 9.17) is 0 Å². The molecule has 0 aliphatic carbocycles. The molecule has 0 spiro atoms. The Bertz CT molecular complexity index is 491. The summed E-state index contributed by atoms with van der Waals surface area (Å²) in [6.07, 6.45) is 0. The molecule has 0 aliphatic heterocycles. The number of fused-ring (bicyclic) bond motifs is 1. The quantitative estimate of drug-likeness (QED) is 0.913.